The Kier molecular flexibility index (Phi) is 5.30. The summed E-state index contributed by atoms with van der Waals surface area (Å²) in [5.41, 5.74) is 0. The quantitative estimate of drug-likeness (QED) is 0.596. The molecular weight excluding hydrogens is 139 g/mol. The fourth-order valence-electron chi connectivity index (χ4n) is 0.370. The number of rotatable bonds is 4. The van der Waals surface area contributed by atoms with Crippen LogP contribution in [0.15, 0.2) is 0 Å². The molecule has 0 fully saturated rings. The summed E-state index contributed by atoms with van der Waals surface area (Å²) in [6.07, 6.45) is 0.875. The van der Waals surface area contributed by atoms with Crippen LogP contribution in [0.1, 0.15) is 20.3 Å². The van der Waals surface area contributed by atoms with Gasteiger partial charge in [-0.25, -0.2) is 0 Å². The first-order chi connectivity index (χ1) is 4.13. The van der Waals surface area contributed by atoms with Crippen molar-refractivity contribution in [1.29, 1.82) is 0 Å². The van der Waals surface area contributed by atoms with Crippen molar-refractivity contribution in [2.24, 2.45) is 5.92 Å². The molecule has 0 atom stereocenters. The molecule has 0 aromatic carbocycles. The van der Waals surface area contributed by atoms with Crippen LogP contribution in [0.5, 0.6) is 0 Å². The highest BCUT2D eigenvalue weighted by Gasteiger charge is 1.99. The zero-order valence-electron chi connectivity index (χ0n) is 5.74. The van der Waals surface area contributed by atoms with Gasteiger partial charge < -0.3 is 14.3 Å². The van der Waals surface area contributed by atoms with Gasteiger partial charge in [0.1, 0.15) is 0 Å². The molecule has 0 aliphatic carbocycles. The zero-order valence-corrected chi connectivity index (χ0v) is 6.64. The average molecular weight is 152 g/mol. The third-order valence-corrected chi connectivity index (χ3v) is 1.32. The SMILES string of the molecule is CC(C)CCOP(O)O. The van der Waals surface area contributed by atoms with Crippen LogP contribution in [0.25, 0.3) is 0 Å². The highest BCUT2D eigenvalue weighted by atomic mass is 31.2. The molecule has 56 valence electrons. The summed E-state index contributed by atoms with van der Waals surface area (Å²) in [4.78, 5) is 16.5. The van der Waals surface area contributed by atoms with Gasteiger partial charge >= 0.3 is 8.60 Å². The Hall–Kier alpha value is 0.310. The van der Waals surface area contributed by atoms with Gasteiger partial charge in [-0.2, -0.15) is 0 Å². The van der Waals surface area contributed by atoms with Crippen molar-refractivity contribution < 1.29 is 14.3 Å². The topological polar surface area (TPSA) is 49.7 Å². The fourth-order valence-corrected chi connectivity index (χ4v) is 0.639. The molecular formula is C5H13O3P. The molecule has 0 bridgehead atoms. The third-order valence-electron chi connectivity index (χ3n) is 0.902. The van der Waals surface area contributed by atoms with Crippen molar-refractivity contribution in [2.45, 2.75) is 20.3 Å². The van der Waals surface area contributed by atoms with Gasteiger partial charge in [-0.1, -0.05) is 13.8 Å². The van der Waals surface area contributed by atoms with Crippen LogP contribution in [0.4, 0.5) is 0 Å². The van der Waals surface area contributed by atoms with Crippen molar-refractivity contribution in [3.05, 3.63) is 0 Å². The Morgan fingerprint density at radius 2 is 2.00 bits per heavy atom. The molecule has 0 rings (SSSR count). The second-order valence-electron chi connectivity index (χ2n) is 2.27. The van der Waals surface area contributed by atoms with Crippen molar-refractivity contribution >= 4 is 8.60 Å². The van der Waals surface area contributed by atoms with Crippen LogP contribution < -0.4 is 0 Å². The summed E-state index contributed by atoms with van der Waals surface area (Å²) < 4.78 is 4.53. The molecule has 0 saturated heterocycles. The van der Waals surface area contributed by atoms with Gasteiger partial charge in [0.2, 0.25) is 0 Å². The minimum atomic E-state index is -2.13. The lowest BCUT2D eigenvalue weighted by molar-refractivity contribution is 0.240. The van der Waals surface area contributed by atoms with Crippen LogP contribution in [0.3, 0.4) is 0 Å². The fraction of sp³-hybridized carbons (Fsp3) is 1.00. The molecule has 0 aromatic rings. The average Bonchev–Trinajstić information content (AvgIpc) is 1.63. The van der Waals surface area contributed by atoms with E-state index < -0.39 is 8.60 Å². The van der Waals surface area contributed by atoms with Gasteiger partial charge in [0, 0.05) is 0 Å². The van der Waals surface area contributed by atoms with E-state index in [9.17, 15) is 0 Å². The predicted molar refractivity (Wildman–Crippen MR) is 36.8 cm³/mol. The summed E-state index contributed by atoms with van der Waals surface area (Å²) in [6, 6.07) is 0. The Morgan fingerprint density at radius 1 is 1.44 bits per heavy atom. The first kappa shape index (κ1) is 9.31. The predicted octanol–water partition coefficient (Wildman–Crippen LogP) is 1.26. The molecule has 9 heavy (non-hydrogen) atoms. The van der Waals surface area contributed by atoms with Gasteiger partial charge in [-0.3, -0.25) is 0 Å². The van der Waals surface area contributed by atoms with Crippen molar-refractivity contribution in [3.8, 4) is 0 Å². The van der Waals surface area contributed by atoms with Crippen LogP contribution in [0, 0.1) is 5.92 Å². The van der Waals surface area contributed by atoms with Crippen LogP contribution >= 0.6 is 8.60 Å². The molecule has 0 heterocycles. The summed E-state index contributed by atoms with van der Waals surface area (Å²) >= 11 is 0. The van der Waals surface area contributed by atoms with E-state index in [1.807, 2.05) is 0 Å². The monoisotopic (exact) mass is 152 g/mol. The zero-order chi connectivity index (χ0) is 7.28. The molecule has 0 aromatic heterocycles. The number of hydrogen-bond acceptors (Lipinski definition) is 3. The van der Waals surface area contributed by atoms with Crippen molar-refractivity contribution in [2.75, 3.05) is 6.61 Å². The second-order valence-corrected chi connectivity index (χ2v) is 3.03. The molecule has 0 aliphatic rings. The molecule has 0 spiro atoms. The molecule has 0 unspecified atom stereocenters. The van der Waals surface area contributed by atoms with Crippen LogP contribution in [0.2, 0.25) is 0 Å². The molecule has 2 N–H and O–H groups in total. The normalized spacial score (nSPS) is 11.3. The lowest BCUT2D eigenvalue weighted by atomic mass is 10.2. The van der Waals surface area contributed by atoms with Gasteiger partial charge in [-0.05, 0) is 12.3 Å². The van der Waals surface area contributed by atoms with Gasteiger partial charge in [0.15, 0.2) is 0 Å². The van der Waals surface area contributed by atoms with E-state index >= 15 is 0 Å². The van der Waals surface area contributed by atoms with E-state index in [2.05, 4.69) is 18.4 Å². The minimum absolute atomic E-state index is 0.441. The first-order valence-corrected chi connectivity index (χ1v) is 4.10. The minimum Gasteiger partial charge on any atom is -0.328 e. The van der Waals surface area contributed by atoms with Crippen molar-refractivity contribution in [1.82, 2.24) is 0 Å². The number of hydrogen-bond donors (Lipinski definition) is 2. The highest BCUT2D eigenvalue weighted by molar-refractivity contribution is 7.39. The molecule has 0 saturated carbocycles. The Labute approximate surface area is 56.7 Å². The summed E-state index contributed by atoms with van der Waals surface area (Å²) in [7, 11) is -2.13. The standard InChI is InChI=1S/C5H13O3P/c1-5(2)3-4-8-9(6)7/h5-7H,3-4H2,1-2H3. The van der Waals surface area contributed by atoms with E-state index in [1.165, 1.54) is 0 Å². The maximum atomic E-state index is 8.26. The van der Waals surface area contributed by atoms with Gasteiger partial charge in [-0.15, -0.1) is 0 Å². The lowest BCUT2D eigenvalue weighted by Crippen LogP contribution is -1.94. The molecule has 0 amide bonds. The summed E-state index contributed by atoms with van der Waals surface area (Å²) in [5, 5.41) is 0. The van der Waals surface area contributed by atoms with Gasteiger partial charge in [0.25, 0.3) is 0 Å². The highest BCUT2D eigenvalue weighted by Crippen LogP contribution is 2.24. The summed E-state index contributed by atoms with van der Waals surface area (Å²) in [5.74, 6) is 0.556. The Morgan fingerprint density at radius 3 is 2.33 bits per heavy atom. The Balaban J connectivity index is 2.91. The van der Waals surface area contributed by atoms with E-state index in [0.717, 1.165) is 6.42 Å². The molecule has 3 nitrogen and oxygen atoms in total. The molecule has 4 heteroatoms. The Bertz CT molecular complexity index is 57.2. The van der Waals surface area contributed by atoms with Crippen LogP contribution in [-0.4, -0.2) is 16.4 Å². The summed E-state index contributed by atoms with van der Waals surface area (Å²) in [6.45, 7) is 4.55. The van der Waals surface area contributed by atoms with Crippen molar-refractivity contribution in [3.63, 3.8) is 0 Å². The van der Waals surface area contributed by atoms with E-state index in [4.69, 9.17) is 9.79 Å². The van der Waals surface area contributed by atoms with E-state index in [1.54, 1.807) is 0 Å². The lowest BCUT2D eigenvalue weighted by Gasteiger charge is -2.04. The smallest absolute Gasteiger partial charge is 0.327 e. The van der Waals surface area contributed by atoms with Crippen LogP contribution in [-0.2, 0) is 4.52 Å². The third kappa shape index (κ3) is 8.31. The largest absolute Gasteiger partial charge is 0.328 e. The second kappa shape index (κ2) is 5.12. The maximum absolute atomic E-state index is 8.26. The first-order valence-electron chi connectivity index (χ1n) is 2.93. The molecule has 0 aliphatic heterocycles. The van der Waals surface area contributed by atoms with E-state index in [0.29, 0.717) is 12.5 Å². The molecule has 0 radical (unpaired) electrons. The van der Waals surface area contributed by atoms with E-state index in [-0.39, 0.29) is 0 Å². The van der Waals surface area contributed by atoms with Gasteiger partial charge in [0.05, 0.1) is 6.61 Å². The maximum Gasteiger partial charge on any atom is 0.327 e.